The molecule has 10 nitrogen and oxygen atoms in total. The number of carbonyl (C=O) groups is 1. The molecule has 1 N–H and O–H groups in total. The van der Waals surface area contributed by atoms with E-state index < -0.39 is 5.91 Å². The first-order valence-corrected chi connectivity index (χ1v) is 11.3. The maximum absolute atomic E-state index is 12.4. The van der Waals surface area contributed by atoms with E-state index >= 15 is 0 Å². The van der Waals surface area contributed by atoms with Crippen molar-refractivity contribution >= 4 is 17.2 Å². The van der Waals surface area contributed by atoms with E-state index in [2.05, 4.69) is 25.5 Å². The average molecular weight is 462 g/mol. The highest BCUT2D eigenvalue weighted by atomic mass is 16.5. The van der Waals surface area contributed by atoms with E-state index in [1.54, 1.807) is 6.20 Å². The molecule has 0 atom stereocenters. The number of ether oxygens (including phenoxy) is 1. The van der Waals surface area contributed by atoms with Gasteiger partial charge in [-0.15, -0.1) is 0 Å². The van der Waals surface area contributed by atoms with Crippen LogP contribution in [0.1, 0.15) is 42.8 Å². The van der Waals surface area contributed by atoms with Gasteiger partial charge >= 0.3 is 11.8 Å². The third-order valence-corrected chi connectivity index (χ3v) is 5.68. The lowest BCUT2D eigenvalue weighted by molar-refractivity contribution is 0.0907. The molecule has 4 aromatic rings. The number of aromatic nitrogens is 5. The van der Waals surface area contributed by atoms with Crippen LogP contribution in [-0.2, 0) is 16.7 Å². The summed E-state index contributed by atoms with van der Waals surface area (Å²) in [5.41, 5.74) is 3.43. The number of hydrogen-bond acceptors (Lipinski definition) is 8. The van der Waals surface area contributed by atoms with Crippen molar-refractivity contribution in [2.24, 2.45) is 0 Å². The molecule has 34 heavy (non-hydrogen) atoms. The number of benzene rings is 1. The van der Waals surface area contributed by atoms with Crippen molar-refractivity contribution in [1.82, 2.24) is 30.1 Å². The van der Waals surface area contributed by atoms with Crippen LogP contribution in [-0.4, -0.2) is 56.9 Å². The van der Waals surface area contributed by atoms with Gasteiger partial charge in [0, 0.05) is 30.6 Å². The molecule has 1 aromatic carbocycles. The van der Waals surface area contributed by atoms with Gasteiger partial charge in [0.05, 0.1) is 36.8 Å². The molecule has 3 aromatic heterocycles. The number of anilines is 1. The van der Waals surface area contributed by atoms with E-state index in [0.29, 0.717) is 25.6 Å². The molecule has 1 amide bonds. The fourth-order valence-corrected chi connectivity index (χ4v) is 3.73. The van der Waals surface area contributed by atoms with E-state index in [1.165, 1.54) is 0 Å². The normalized spacial score (nSPS) is 14.5. The predicted octanol–water partition coefficient (Wildman–Crippen LogP) is 2.84. The van der Waals surface area contributed by atoms with E-state index in [1.807, 2.05) is 61.8 Å². The van der Waals surface area contributed by atoms with Gasteiger partial charge < -0.3 is 19.5 Å². The van der Waals surface area contributed by atoms with Crippen LogP contribution < -0.4 is 10.2 Å². The van der Waals surface area contributed by atoms with Crippen LogP contribution in [0.25, 0.3) is 16.8 Å². The third kappa shape index (κ3) is 4.49. The lowest BCUT2D eigenvalue weighted by Gasteiger charge is -2.28. The van der Waals surface area contributed by atoms with Crippen molar-refractivity contribution in [2.75, 3.05) is 31.2 Å². The number of hydrogen-bond donors (Lipinski definition) is 1. The Hall–Kier alpha value is -3.79. The maximum atomic E-state index is 12.4. The summed E-state index contributed by atoms with van der Waals surface area (Å²) in [5.74, 6) is 0.946. The smallest absolute Gasteiger partial charge is 0.315 e. The number of fused-ring (bicyclic) bond motifs is 1. The minimum Gasteiger partial charge on any atom is -0.378 e. The molecule has 1 saturated heterocycles. The molecule has 0 unspecified atom stereocenters. The summed E-state index contributed by atoms with van der Waals surface area (Å²) < 4.78 is 12.4. The predicted molar refractivity (Wildman–Crippen MR) is 126 cm³/mol. The topological polar surface area (TPSA) is 111 Å². The molecule has 0 radical (unpaired) electrons. The first kappa shape index (κ1) is 22.0. The Morgan fingerprint density at radius 3 is 2.56 bits per heavy atom. The van der Waals surface area contributed by atoms with Crippen LogP contribution in [0, 0.1) is 0 Å². The lowest BCUT2D eigenvalue weighted by Crippen LogP contribution is -2.37. The first-order chi connectivity index (χ1) is 16.4. The summed E-state index contributed by atoms with van der Waals surface area (Å²) >= 11 is 0. The van der Waals surface area contributed by atoms with Crippen LogP contribution in [0.15, 0.2) is 47.2 Å². The number of nitrogens with one attached hydrogen (secondary N) is 1. The van der Waals surface area contributed by atoms with Crippen LogP contribution >= 0.6 is 0 Å². The van der Waals surface area contributed by atoms with Gasteiger partial charge in [0.1, 0.15) is 5.82 Å². The number of amides is 1. The molecule has 0 aliphatic carbocycles. The van der Waals surface area contributed by atoms with Crippen molar-refractivity contribution in [2.45, 2.75) is 32.7 Å². The van der Waals surface area contributed by atoms with Gasteiger partial charge in [0.25, 0.3) is 0 Å². The molecule has 1 aliphatic rings. The summed E-state index contributed by atoms with van der Waals surface area (Å²) in [6.45, 7) is 9.21. The fraction of sp³-hybridized carbons (Fsp3) is 0.375. The van der Waals surface area contributed by atoms with Gasteiger partial charge in [-0.3, -0.25) is 4.79 Å². The standard InChI is InChI=1S/C24H27N7O3/c1-24(2,3)23-28-22(34-29-23)21(32)25-14-16-4-6-17(7-5-16)20-18-8-9-26-31(18)15-19(27-20)30-10-12-33-13-11-30/h4-9,15H,10-14H2,1-3H3,(H,25,32). The van der Waals surface area contributed by atoms with E-state index in [-0.39, 0.29) is 11.3 Å². The first-order valence-electron chi connectivity index (χ1n) is 11.3. The molecular weight excluding hydrogens is 434 g/mol. The number of carbonyl (C=O) groups excluding carboxylic acids is 1. The van der Waals surface area contributed by atoms with Crippen LogP contribution in [0.3, 0.4) is 0 Å². The Balaban J connectivity index is 1.32. The van der Waals surface area contributed by atoms with Crippen LogP contribution in [0.4, 0.5) is 5.82 Å². The molecule has 0 spiro atoms. The zero-order chi connectivity index (χ0) is 23.7. The zero-order valence-corrected chi connectivity index (χ0v) is 19.5. The van der Waals surface area contributed by atoms with Gasteiger partial charge in [0.15, 0.2) is 5.82 Å². The Labute approximate surface area is 196 Å². The van der Waals surface area contributed by atoms with Gasteiger partial charge in [-0.2, -0.15) is 10.1 Å². The molecule has 1 aliphatic heterocycles. The molecular formula is C24H27N7O3. The largest absolute Gasteiger partial charge is 0.378 e. The lowest BCUT2D eigenvalue weighted by atomic mass is 9.96. The molecule has 1 fully saturated rings. The van der Waals surface area contributed by atoms with Crippen molar-refractivity contribution in [3.63, 3.8) is 0 Å². The summed E-state index contributed by atoms with van der Waals surface area (Å²) in [6.07, 6.45) is 3.73. The van der Waals surface area contributed by atoms with E-state index in [4.69, 9.17) is 14.2 Å². The van der Waals surface area contributed by atoms with Crippen molar-refractivity contribution < 1.29 is 14.1 Å². The minimum atomic E-state index is -0.395. The number of nitrogens with zero attached hydrogens (tertiary/aromatic N) is 6. The highest BCUT2D eigenvalue weighted by Crippen LogP contribution is 2.26. The van der Waals surface area contributed by atoms with Gasteiger partial charge in [0.2, 0.25) is 0 Å². The molecule has 4 heterocycles. The summed E-state index contributed by atoms with van der Waals surface area (Å²) in [7, 11) is 0. The number of rotatable bonds is 5. The van der Waals surface area contributed by atoms with Crippen LogP contribution in [0.5, 0.6) is 0 Å². The second kappa shape index (κ2) is 8.86. The van der Waals surface area contributed by atoms with Crippen molar-refractivity contribution in [3.05, 3.63) is 60.0 Å². The minimum absolute atomic E-state index is 0.0335. The third-order valence-electron chi connectivity index (χ3n) is 5.68. The Morgan fingerprint density at radius 2 is 1.85 bits per heavy atom. The van der Waals surface area contributed by atoms with Gasteiger partial charge in [-0.25, -0.2) is 9.50 Å². The molecule has 5 rings (SSSR count). The summed E-state index contributed by atoms with van der Waals surface area (Å²) in [5, 5.41) is 11.2. The molecule has 0 bridgehead atoms. The maximum Gasteiger partial charge on any atom is 0.315 e. The average Bonchev–Trinajstić information content (AvgIpc) is 3.53. The summed E-state index contributed by atoms with van der Waals surface area (Å²) in [4.78, 5) is 23.8. The Kier molecular flexibility index (Phi) is 5.74. The molecule has 0 saturated carbocycles. The fourth-order valence-electron chi connectivity index (χ4n) is 3.73. The number of morpholine rings is 1. The second-order valence-electron chi connectivity index (χ2n) is 9.26. The highest BCUT2D eigenvalue weighted by molar-refractivity contribution is 5.89. The van der Waals surface area contributed by atoms with Crippen molar-refractivity contribution in [1.29, 1.82) is 0 Å². The molecule has 176 valence electrons. The quantitative estimate of drug-likeness (QED) is 0.483. The van der Waals surface area contributed by atoms with E-state index in [0.717, 1.165) is 41.2 Å². The van der Waals surface area contributed by atoms with Gasteiger partial charge in [-0.05, 0) is 11.6 Å². The van der Waals surface area contributed by atoms with Crippen LogP contribution in [0.2, 0.25) is 0 Å². The Morgan fingerprint density at radius 1 is 1.09 bits per heavy atom. The highest BCUT2D eigenvalue weighted by Gasteiger charge is 2.23. The molecule has 10 heteroatoms. The van der Waals surface area contributed by atoms with Gasteiger partial charge in [-0.1, -0.05) is 50.2 Å². The monoisotopic (exact) mass is 461 g/mol. The van der Waals surface area contributed by atoms with Crippen molar-refractivity contribution in [3.8, 4) is 11.3 Å². The summed E-state index contributed by atoms with van der Waals surface area (Å²) in [6, 6.07) is 9.91. The Bertz CT molecular complexity index is 1300. The SMILES string of the molecule is CC(C)(C)c1noc(C(=O)NCc2ccc(-c3nc(N4CCOCC4)cn4nccc34)cc2)n1. The zero-order valence-electron chi connectivity index (χ0n) is 19.5. The second-order valence-corrected chi connectivity index (χ2v) is 9.26. The van der Waals surface area contributed by atoms with E-state index in [9.17, 15) is 4.79 Å².